The van der Waals surface area contributed by atoms with E-state index >= 15 is 0 Å². The Morgan fingerprint density at radius 1 is 1.18 bits per heavy atom. The molecule has 0 saturated heterocycles. The van der Waals surface area contributed by atoms with Crippen molar-refractivity contribution in [3.63, 3.8) is 0 Å². The molecule has 1 unspecified atom stereocenters. The van der Waals surface area contributed by atoms with E-state index in [0.29, 0.717) is 57.0 Å². The van der Waals surface area contributed by atoms with Crippen LogP contribution in [-0.2, 0) is 15.8 Å². The Balaban J connectivity index is 1.26. The molecule has 2 aromatic carbocycles. The van der Waals surface area contributed by atoms with Crippen LogP contribution in [0, 0.1) is 11.7 Å². The number of carbonyl (C=O) groups excluding carboxylic acids is 2. The van der Waals surface area contributed by atoms with E-state index in [1.165, 1.54) is 24.4 Å². The molecule has 0 radical (unpaired) electrons. The summed E-state index contributed by atoms with van der Waals surface area (Å²) in [6.45, 7) is 1.45. The minimum atomic E-state index is -1.61. The Kier molecular flexibility index (Phi) is 7.14. The molecule has 4 N–H and O–H groups in total. The van der Waals surface area contributed by atoms with E-state index in [2.05, 4.69) is 10.3 Å². The molecule has 3 heterocycles. The molecule has 12 heteroatoms. The Morgan fingerprint density at radius 2 is 1.96 bits per heavy atom. The normalized spacial score (nSPS) is 20.3. The van der Waals surface area contributed by atoms with E-state index in [1.807, 2.05) is 0 Å². The molecule has 2 saturated carbocycles. The fraction of sp³-hybridized carbons (Fsp3) is 0.333. The number of aromatic nitrogens is 2. The lowest BCUT2D eigenvalue weighted by atomic mass is 9.81. The quantitative estimate of drug-likeness (QED) is 0.219. The summed E-state index contributed by atoms with van der Waals surface area (Å²) in [4.78, 5) is 35.4. The summed E-state index contributed by atoms with van der Waals surface area (Å²) in [5, 5.41) is 16.1. The van der Waals surface area contributed by atoms with E-state index in [4.69, 9.17) is 43.4 Å². The van der Waals surface area contributed by atoms with Gasteiger partial charge in [0, 0.05) is 28.3 Å². The zero-order valence-corrected chi connectivity index (χ0v) is 25.7. The van der Waals surface area contributed by atoms with E-state index in [9.17, 15) is 19.1 Å². The van der Waals surface area contributed by atoms with E-state index < -0.39 is 28.6 Å². The predicted octanol–water partition coefficient (Wildman–Crippen LogP) is 5.45. The molecular formula is C33H29Cl2FN4O5. The summed E-state index contributed by atoms with van der Waals surface area (Å²) in [6.07, 6.45) is 4.87. The SMILES string of the molecule is C[C@]1(C(N)=O)COc2c1cc(C(O)(CNC(=O)c1cc(OC3CC3)c3ncc(Cl)cc3c1)C1CC1)nc2-c1ccc(F)c(Cl)c1. The molecule has 2 aliphatic carbocycles. The van der Waals surface area contributed by atoms with Crippen LogP contribution in [0.15, 0.2) is 48.7 Å². The number of amides is 2. The average Bonchev–Trinajstić information content (AvgIpc) is 3.95. The predicted molar refractivity (Wildman–Crippen MR) is 166 cm³/mol. The van der Waals surface area contributed by atoms with Gasteiger partial charge in [0.1, 0.15) is 46.1 Å². The number of pyridine rings is 2. The van der Waals surface area contributed by atoms with E-state index in [-0.39, 0.29) is 41.6 Å². The summed E-state index contributed by atoms with van der Waals surface area (Å²) in [5.74, 6) is -1.08. The molecule has 1 aliphatic heterocycles. The number of nitrogens with one attached hydrogen (secondary N) is 1. The maximum absolute atomic E-state index is 14.1. The molecule has 2 atom stereocenters. The van der Waals surface area contributed by atoms with Crippen molar-refractivity contribution >= 4 is 45.9 Å². The van der Waals surface area contributed by atoms with Crippen molar-refractivity contribution in [1.29, 1.82) is 0 Å². The second kappa shape index (κ2) is 10.8. The summed E-state index contributed by atoms with van der Waals surface area (Å²) in [6, 6.07) is 10.8. The number of ether oxygens (including phenoxy) is 2. The number of hydrogen-bond donors (Lipinski definition) is 3. The molecule has 4 aromatic rings. The molecule has 9 nitrogen and oxygen atoms in total. The van der Waals surface area contributed by atoms with Crippen LogP contribution in [0.3, 0.4) is 0 Å². The molecule has 45 heavy (non-hydrogen) atoms. The number of nitrogens with two attached hydrogens (primary N) is 1. The zero-order chi connectivity index (χ0) is 31.7. The summed E-state index contributed by atoms with van der Waals surface area (Å²) in [5.41, 5.74) is 5.30. The van der Waals surface area contributed by atoms with Gasteiger partial charge in [-0.1, -0.05) is 23.2 Å². The minimum Gasteiger partial charge on any atom is -0.489 e. The lowest BCUT2D eigenvalue weighted by Crippen LogP contribution is -2.44. The molecule has 2 amide bonds. The number of benzene rings is 2. The number of primary amides is 1. The van der Waals surface area contributed by atoms with Gasteiger partial charge >= 0.3 is 0 Å². The standard InChI is InChI=1S/C33H29Cl2FN4O5/c1-32(31(37)42)15-44-29-22(32)12-26(40-28(29)16-2-7-24(36)23(35)10-16)33(43,19-3-4-19)14-39-30(41)18-8-17-9-20(34)13-38-27(17)25(11-18)45-21-5-6-21/h2,7-13,19,21,43H,3-6,14-15H2,1H3,(H2,37,42)(H,39,41)/t32-,33?/m0/s1. The number of carbonyl (C=O) groups is 2. The maximum atomic E-state index is 14.1. The number of aliphatic hydroxyl groups is 1. The van der Waals surface area contributed by atoms with Gasteiger partial charge in [-0.25, -0.2) is 9.37 Å². The highest BCUT2D eigenvalue weighted by molar-refractivity contribution is 6.31. The lowest BCUT2D eigenvalue weighted by Gasteiger charge is -2.30. The topological polar surface area (TPSA) is 137 Å². The van der Waals surface area contributed by atoms with Gasteiger partial charge in [0.05, 0.1) is 28.4 Å². The van der Waals surface area contributed by atoms with Crippen molar-refractivity contribution in [2.24, 2.45) is 11.7 Å². The number of rotatable bonds is 9. The highest BCUT2D eigenvalue weighted by atomic mass is 35.5. The Labute approximate surface area is 267 Å². The lowest BCUT2D eigenvalue weighted by molar-refractivity contribution is -0.123. The fourth-order valence-corrected chi connectivity index (χ4v) is 6.09. The molecule has 0 spiro atoms. The molecule has 3 aliphatic rings. The van der Waals surface area contributed by atoms with Gasteiger partial charge in [0.15, 0.2) is 0 Å². The number of hydrogen-bond acceptors (Lipinski definition) is 7. The number of nitrogens with zero attached hydrogens (tertiary/aromatic N) is 2. The first-order valence-corrected chi connectivity index (χ1v) is 15.4. The average molecular weight is 652 g/mol. The van der Waals surface area contributed by atoms with Gasteiger partial charge in [-0.2, -0.15) is 0 Å². The number of halogens is 3. The second-order valence-corrected chi connectivity index (χ2v) is 13.1. The molecular weight excluding hydrogens is 622 g/mol. The Morgan fingerprint density at radius 3 is 2.64 bits per heavy atom. The molecule has 0 bridgehead atoms. The van der Waals surface area contributed by atoms with Crippen molar-refractivity contribution in [1.82, 2.24) is 15.3 Å². The summed E-state index contributed by atoms with van der Waals surface area (Å²) >= 11 is 12.3. The molecule has 232 valence electrons. The van der Waals surface area contributed by atoms with Gasteiger partial charge in [-0.05, 0) is 81.0 Å². The first-order chi connectivity index (χ1) is 21.5. The zero-order valence-electron chi connectivity index (χ0n) is 24.2. The smallest absolute Gasteiger partial charge is 0.251 e. The molecule has 2 fully saturated rings. The molecule has 2 aromatic heterocycles. The summed E-state index contributed by atoms with van der Waals surface area (Å²) in [7, 11) is 0. The fourth-order valence-electron chi connectivity index (χ4n) is 5.75. The van der Waals surface area contributed by atoms with Crippen LogP contribution >= 0.6 is 23.2 Å². The van der Waals surface area contributed by atoms with Gasteiger partial charge in [0.25, 0.3) is 5.91 Å². The van der Waals surface area contributed by atoms with Crippen LogP contribution in [0.4, 0.5) is 4.39 Å². The largest absolute Gasteiger partial charge is 0.489 e. The van der Waals surface area contributed by atoms with E-state index in [0.717, 1.165) is 12.8 Å². The van der Waals surface area contributed by atoms with Crippen molar-refractivity contribution in [2.45, 2.75) is 49.7 Å². The van der Waals surface area contributed by atoms with Crippen molar-refractivity contribution < 1.29 is 28.6 Å². The third-order valence-corrected chi connectivity index (χ3v) is 9.32. The minimum absolute atomic E-state index is 0.0323. The van der Waals surface area contributed by atoms with Crippen molar-refractivity contribution in [3.05, 3.63) is 81.3 Å². The van der Waals surface area contributed by atoms with Gasteiger partial charge < -0.3 is 25.6 Å². The third-order valence-electron chi connectivity index (χ3n) is 8.82. The van der Waals surface area contributed by atoms with Crippen molar-refractivity contribution in [2.75, 3.05) is 13.2 Å². The second-order valence-electron chi connectivity index (χ2n) is 12.2. The molecule has 7 rings (SSSR count). The van der Waals surface area contributed by atoms with Gasteiger partial charge in [-0.3, -0.25) is 14.6 Å². The van der Waals surface area contributed by atoms with Crippen LogP contribution in [0.1, 0.15) is 54.2 Å². The van der Waals surface area contributed by atoms with E-state index in [1.54, 1.807) is 31.2 Å². The van der Waals surface area contributed by atoms with Crippen LogP contribution in [-0.4, -0.2) is 46.1 Å². The van der Waals surface area contributed by atoms with Crippen LogP contribution in [0.25, 0.3) is 22.2 Å². The first kappa shape index (κ1) is 29.7. The number of fused-ring (bicyclic) bond motifs is 2. The maximum Gasteiger partial charge on any atom is 0.251 e. The summed E-state index contributed by atoms with van der Waals surface area (Å²) < 4.78 is 26.1. The van der Waals surface area contributed by atoms with Crippen molar-refractivity contribution in [3.8, 4) is 22.8 Å². The van der Waals surface area contributed by atoms with Crippen LogP contribution in [0.5, 0.6) is 11.5 Å². The first-order valence-electron chi connectivity index (χ1n) is 14.7. The van der Waals surface area contributed by atoms with Crippen LogP contribution in [0.2, 0.25) is 10.0 Å². The Hall–Kier alpha value is -3.99. The highest BCUT2D eigenvalue weighted by Gasteiger charge is 2.50. The third kappa shape index (κ3) is 5.34. The van der Waals surface area contributed by atoms with Gasteiger partial charge in [0.2, 0.25) is 5.91 Å². The monoisotopic (exact) mass is 650 g/mol. The highest BCUT2D eigenvalue weighted by Crippen LogP contribution is 2.50. The van der Waals surface area contributed by atoms with Gasteiger partial charge in [-0.15, -0.1) is 0 Å². The Bertz CT molecular complexity index is 1900. The van der Waals surface area contributed by atoms with Crippen LogP contribution < -0.4 is 20.5 Å².